The van der Waals surface area contributed by atoms with Crippen LogP contribution < -0.4 is 15.4 Å². The third-order valence-corrected chi connectivity index (χ3v) is 9.04. The first-order chi connectivity index (χ1) is 18.5. The summed E-state index contributed by atoms with van der Waals surface area (Å²) in [4.78, 5) is 44.8. The van der Waals surface area contributed by atoms with Crippen molar-refractivity contribution in [3.8, 4) is 11.8 Å². The number of aromatic nitrogens is 1. The molecule has 0 bridgehead atoms. The van der Waals surface area contributed by atoms with Gasteiger partial charge in [-0.1, -0.05) is 30.9 Å². The lowest BCUT2D eigenvalue weighted by molar-refractivity contribution is -0.126. The first kappa shape index (κ1) is 27.3. The number of hydrogen-bond acceptors (Lipinski definition) is 5. The molecular formula is C29H36ClN5O4. The number of likely N-dealkylation sites (tertiary alicyclic amines) is 1. The summed E-state index contributed by atoms with van der Waals surface area (Å²) >= 11 is 6.40. The molecule has 0 radical (unpaired) electrons. The van der Waals surface area contributed by atoms with Crippen LogP contribution in [0.25, 0.3) is 10.9 Å². The zero-order valence-corrected chi connectivity index (χ0v) is 23.5. The van der Waals surface area contributed by atoms with Gasteiger partial charge in [-0.25, -0.2) is 0 Å². The van der Waals surface area contributed by atoms with Gasteiger partial charge in [-0.3, -0.25) is 14.4 Å². The van der Waals surface area contributed by atoms with Crippen molar-refractivity contribution in [3.05, 3.63) is 28.9 Å². The van der Waals surface area contributed by atoms with E-state index in [1.165, 1.54) is 0 Å². The lowest BCUT2D eigenvalue weighted by Gasteiger charge is -2.32. The average Bonchev–Trinajstić information content (AvgIpc) is 3.58. The third kappa shape index (κ3) is 5.31. The number of ether oxygens (including phenoxy) is 1. The average molecular weight is 554 g/mol. The van der Waals surface area contributed by atoms with E-state index in [-0.39, 0.29) is 41.0 Å². The van der Waals surface area contributed by atoms with Gasteiger partial charge in [0, 0.05) is 23.4 Å². The molecule has 3 fully saturated rings. The normalized spacial score (nSPS) is 24.4. The second kappa shape index (κ2) is 10.4. The van der Waals surface area contributed by atoms with Crippen LogP contribution in [0.2, 0.25) is 5.02 Å². The molecule has 1 aromatic heterocycles. The Labute approximate surface area is 233 Å². The SMILES string of the molecule is COc1ccc(Cl)c2[nH]c(C(=O)N3CC4(CCCCC4)C[C@H]3C(=O)N[C@H](C#N)C[C@@H]3CC(C)(C)NC3=O)cc12. The number of nitriles is 1. The van der Waals surface area contributed by atoms with Crippen LogP contribution in [-0.2, 0) is 9.59 Å². The van der Waals surface area contributed by atoms with Gasteiger partial charge in [0.05, 0.1) is 23.7 Å². The smallest absolute Gasteiger partial charge is 0.271 e. The number of H-pyrrole nitrogens is 1. The maximum Gasteiger partial charge on any atom is 0.271 e. The Bertz CT molecular complexity index is 1340. The lowest BCUT2D eigenvalue weighted by Crippen LogP contribution is -2.49. The summed E-state index contributed by atoms with van der Waals surface area (Å²) in [5.74, 6) is -0.470. The van der Waals surface area contributed by atoms with Crippen LogP contribution in [0.5, 0.6) is 5.75 Å². The highest BCUT2D eigenvalue weighted by molar-refractivity contribution is 6.35. The summed E-state index contributed by atoms with van der Waals surface area (Å²) in [5.41, 5.74) is 0.492. The number of nitrogens with zero attached hydrogens (tertiary/aromatic N) is 2. The molecule has 2 aromatic rings. The molecule has 1 aliphatic carbocycles. The highest BCUT2D eigenvalue weighted by Gasteiger charge is 2.49. The largest absolute Gasteiger partial charge is 0.496 e. The molecule has 208 valence electrons. The molecule has 3 N–H and O–H groups in total. The Morgan fingerprint density at radius 1 is 1.26 bits per heavy atom. The van der Waals surface area contributed by atoms with Gasteiger partial charge in [0.2, 0.25) is 11.8 Å². The van der Waals surface area contributed by atoms with E-state index < -0.39 is 12.1 Å². The van der Waals surface area contributed by atoms with Crippen molar-refractivity contribution < 1.29 is 19.1 Å². The van der Waals surface area contributed by atoms with Crippen molar-refractivity contribution in [2.75, 3.05) is 13.7 Å². The van der Waals surface area contributed by atoms with Crippen LogP contribution in [0.3, 0.4) is 0 Å². The highest BCUT2D eigenvalue weighted by Crippen LogP contribution is 2.47. The van der Waals surface area contributed by atoms with Crippen LogP contribution in [-0.4, -0.2) is 58.9 Å². The van der Waals surface area contributed by atoms with E-state index in [0.717, 1.165) is 32.1 Å². The van der Waals surface area contributed by atoms with E-state index in [4.69, 9.17) is 16.3 Å². The minimum Gasteiger partial charge on any atom is -0.496 e. The molecule has 2 aliphatic heterocycles. The van der Waals surface area contributed by atoms with Crippen molar-refractivity contribution >= 4 is 40.2 Å². The van der Waals surface area contributed by atoms with E-state index in [1.807, 2.05) is 13.8 Å². The minimum atomic E-state index is -0.821. The Hall–Kier alpha value is -3.25. The van der Waals surface area contributed by atoms with Crippen LogP contribution in [0.4, 0.5) is 0 Å². The number of aromatic amines is 1. The minimum absolute atomic E-state index is 0.0961. The van der Waals surface area contributed by atoms with Crippen LogP contribution >= 0.6 is 11.6 Å². The van der Waals surface area contributed by atoms with E-state index >= 15 is 0 Å². The second-order valence-electron chi connectivity index (χ2n) is 12.1. The van der Waals surface area contributed by atoms with E-state index in [9.17, 15) is 19.6 Å². The number of carbonyl (C=O) groups is 3. The molecule has 5 rings (SSSR count). The fourth-order valence-corrected chi connectivity index (χ4v) is 7.07. The summed E-state index contributed by atoms with van der Waals surface area (Å²) in [7, 11) is 1.56. The molecule has 3 amide bonds. The van der Waals surface area contributed by atoms with Crippen molar-refractivity contribution in [2.45, 2.75) is 82.8 Å². The topological polar surface area (TPSA) is 127 Å². The second-order valence-corrected chi connectivity index (χ2v) is 12.5. The van der Waals surface area contributed by atoms with E-state index in [1.54, 1.807) is 30.2 Å². The van der Waals surface area contributed by atoms with Gasteiger partial charge < -0.3 is 25.3 Å². The number of hydrogen-bond donors (Lipinski definition) is 3. The van der Waals surface area contributed by atoms with Gasteiger partial charge in [0.25, 0.3) is 5.91 Å². The number of carbonyl (C=O) groups excluding carboxylic acids is 3. The molecule has 1 aromatic carbocycles. The number of methoxy groups -OCH3 is 1. The number of halogens is 1. The van der Waals surface area contributed by atoms with Crippen LogP contribution in [0.1, 0.15) is 75.7 Å². The van der Waals surface area contributed by atoms with E-state index in [0.29, 0.717) is 46.8 Å². The fourth-order valence-electron chi connectivity index (χ4n) is 6.86. The Morgan fingerprint density at radius 2 is 2.00 bits per heavy atom. The van der Waals surface area contributed by atoms with Crippen molar-refractivity contribution in [1.82, 2.24) is 20.5 Å². The first-order valence-electron chi connectivity index (χ1n) is 13.7. The molecule has 1 spiro atoms. The number of nitrogens with one attached hydrogen (secondary N) is 3. The molecule has 3 aliphatic rings. The molecule has 3 heterocycles. The Kier molecular flexibility index (Phi) is 7.27. The molecule has 39 heavy (non-hydrogen) atoms. The van der Waals surface area contributed by atoms with Gasteiger partial charge in [0.15, 0.2) is 0 Å². The Morgan fingerprint density at radius 3 is 2.64 bits per heavy atom. The quantitative estimate of drug-likeness (QED) is 0.491. The standard InChI is InChI=1S/C29H36ClN5O4/c1-28(2)13-17(25(36)34-28)11-18(15-31)32-26(37)22-14-29(9-5-4-6-10-29)16-35(22)27(38)21-12-19-23(39-3)8-7-20(30)24(19)33-21/h7-8,12,17-18,22,33H,4-6,9-11,13-14,16H2,1-3H3,(H,32,37)(H,34,36)/t17-,18+,22+/m1/s1. The maximum atomic E-state index is 13.9. The van der Waals surface area contributed by atoms with Crippen LogP contribution in [0.15, 0.2) is 18.2 Å². The molecule has 9 nitrogen and oxygen atoms in total. The summed E-state index contributed by atoms with van der Waals surface area (Å²) in [6, 6.07) is 5.83. The lowest BCUT2D eigenvalue weighted by atomic mass is 9.72. The number of rotatable bonds is 6. The van der Waals surface area contributed by atoms with E-state index in [2.05, 4.69) is 21.7 Å². The molecule has 10 heteroatoms. The van der Waals surface area contributed by atoms with Gasteiger partial charge in [0.1, 0.15) is 23.5 Å². The van der Waals surface area contributed by atoms with Crippen molar-refractivity contribution in [3.63, 3.8) is 0 Å². The zero-order chi connectivity index (χ0) is 27.9. The summed E-state index contributed by atoms with van der Waals surface area (Å²) in [6.45, 7) is 4.38. The molecule has 0 unspecified atom stereocenters. The van der Waals surface area contributed by atoms with Crippen LogP contribution in [0, 0.1) is 22.7 Å². The van der Waals surface area contributed by atoms with Crippen molar-refractivity contribution in [2.24, 2.45) is 11.3 Å². The molecular weight excluding hydrogens is 518 g/mol. The molecule has 3 atom stereocenters. The Balaban J connectivity index is 1.39. The molecule has 1 saturated carbocycles. The van der Waals surface area contributed by atoms with Gasteiger partial charge >= 0.3 is 0 Å². The highest BCUT2D eigenvalue weighted by atomic mass is 35.5. The zero-order valence-electron chi connectivity index (χ0n) is 22.7. The number of benzene rings is 1. The molecule has 2 saturated heterocycles. The van der Waals surface area contributed by atoms with Gasteiger partial charge in [-0.05, 0) is 69.6 Å². The third-order valence-electron chi connectivity index (χ3n) is 8.72. The predicted molar refractivity (Wildman–Crippen MR) is 147 cm³/mol. The van der Waals surface area contributed by atoms with Crippen molar-refractivity contribution in [1.29, 1.82) is 5.26 Å². The summed E-state index contributed by atoms with van der Waals surface area (Å²) < 4.78 is 5.45. The fraction of sp³-hybridized carbons (Fsp3) is 0.586. The first-order valence-corrected chi connectivity index (χ1v) is 14.1. The maximum absolute atomic E-state index is 13.9. The number of fused-ring (bicyclic) bond motifs is 1. The van der Waals surface area contributed by atoms with Gasteiger partial charge in [-0.15, -0.1) is 0 Å². The monoisotopic (exact) mass is 553 g/mol. The predicted octanol–water partition coefficient (Wildman–Crippen LogP) is 4.31. The summed E-state index contributed by atoms with van der Waals surface area (Å²) in [5, 5.41) is 16.8. The summed E-state index contributed by atoms with van der Waals surface area (Å²) in [6.07, 6.45) is 6.63. The van der Waals surface area contributed by atoms with Gasteiger partial charge in [-0.2, -0.15) is 5.26 Å². The number of amides is 3.